The van der Waals surface area contributed by atoms with Crippen LogP contribution in [0.1, 0.15) is 260 Å². The van der Waals surface area contributed by atoms with E-state index in [0.717, 1.165) is 75.5 Å². The molecule has 0 saturated heterocycles. The molecule has 326 valence electrons. The minimum atomic E-state index is -0.762. The predicted octanol–water partition coefficient (Wildman–Crippen LogP) is 15.2. The maximum atomic E-state index is 12.7. The highest BCUT2D eigenvalue weighted by Crippen LogP contribution is 2.17. The molecule has 0 radical (unpaired) electrons. The zero-order valence-electron chi connectivity index (χ0n) is 37.7. The minimum Gasteiger partial charge on any atom is -0.462 e. The average Bonchev–Trinajstić information content (AvgIpc) is 3.15. The molecule has 0 aromatic rings. The van der Waals surface area contributed by atoms with E-state index < -0.39 is 6.10 Å². The van der Waals surface area contributed by atoms with Gasteiger partial charge in [0.25, 0.3) is 0 Å². The number of unbranched alkanes of at least 4 members (excludes halogenated alkanes) is 24. The van der Waals surface area contributed by atoms with Crippen molar-refractivity contribution in [2.24, 2.45) is 17.8 Å². The van der Waals surface area contributed by atoms with Gasteiger partial charge < -0.3 is 14.2 Å². The quantitative estimate of drug-likeness (QED) is 0.0349. The van der Waals surface area contributed by atoms with Crippen molar-refractivity contribution in [3.8, 4) is 0 Å². The number of hydrogen-bond acceptors (Lipinski definition) is 6. The summed E-state index contributed by atoms with van der Waals surface area (Å²) in [5.74, 6) is 1.61. The first-order chi connectivity index (χ1) is 26.6. The van der Waals surface area contributed by atoms with Gasteiger partial charge in [0.1, 0.15) is 13.2 Å². The van der Waals surface area contributed by atoms with Gasteiger partial charge in [0.15, 0.2) is 6.10 Å². The van der Waals surface area contributed by atoms with Crippen LogP contribution >= 0.6 is 0 Å². The van der Waals surface area contributed by atoms with E-state index in [2.05, 4.69) is 41.5 Å². The molecule has 0 aromatic heterocycles. The van der Waals surface area contributed by atoms with Gasteiger partial charge in [-0.25, -0.2) is 0 Å². The molecule has 0 amide bonds. The van der Waals surface area contributed by atoms with Crippen LogP contribution in [0.15, 0.2) is 0 Å². The molecule has 2 atom stereocenters. The number of esters is 3. The fourth-order valence-corrected chi connectivity index (χ4v) is 7.20. The van der Waals surface area contributed by atoms with Crippen LogP contribution in [0.3, 0.4) is 0 Å². The van der Waals surface area contributed by atoms with E-state index in [-0.39, 0.29) is 31.1 Å². The lowest BCUT2D eigenvalue weighted by Gasteiger charge is -2.18. The van der Waals surface area contributed by atoms with Gasteiger partial charge in [-0.05, 0) is 37.0 Å². The van der Waals surface area contributed by atoms with Gasteiger partial charge in [0.2, 0.25) is 0 Å². The number of hydrogen-bond donors (Lipinski definition) is 0. The first-order valence-corrected chi connectivity index (χ1v) is 24.1. The first kappa shape index (κ1) is 53.4. The van der Waals surface area contributed by atoms with Crippen molar-refractivity contribution in [1.82, 2.24) is 0 Å². The smallest absolute Gasteiger partial charge is 0.306 e. The summed E-state index contributed by atoms with van der Waals surface area (Å²) >= 11 is 0. The zero-order chi connectivity index (χ0) is 40.6. The van der Waals surface area contributed by atoms with Crippen molar-refractivity contribution < 1.29 is 28.6 Å². The summed E-state index contributed by atoms with van der Waals surface area (Å²) in [7, 11) is 0. The summed E-state index contributed by atoms with van der Waals surface area (Å²) in [6, 6.07) is 0. The highest BCUT2D eigenvalue weighted by Gasteiger charge is 2.19. The second kappa shape index (κ2) is 40.6. The molecule has 0 aromatic carbocycles. The molecule has 55 heavy (non-hydrogen) atoms. The molecule has 0 aliphatic carbocycles. The van der Waals surface area contributed by atoms with Gasteiger partial charge in [0, 0.05) is 19.3 Å². The zero-order valence-corrected chi connectivity index (χ0v) is 37.7. The summed E-state index contributed by atoms with van der Waals surface area (Å²) in [6.07, 6.45) is 38.0. The minimum absolute atomic E-state index is 0.0659. The van der Waals surface area contributed by atoms with Crippen molar-refractivity contribution in [2.45, 2.75) is 266 Å². The number of rotatable bonds is 42. The fraction of sp³-hybridized carbons (Fsp3) is 0.939. The standard InChI is InChI=1S/C49H94O6/c1-7-45(6)37-31-25-19-15-16-22-28-34-40-49(52)55-46(42-54-48(51)39-33-27-21-14-10-12-18-24-30-36-44(4)5)41-53-47(50)38-32-26-20-13-9-8-11-17-23-29-35-43(2)3/h43-46H,7-42H2,1-6H3/t45?,46-/m1/s1. The third-order valence-corrected chi connectivity index (χ3v) is 11.3. The third-order valence-electron chi connectivity index (χ3n) is 11.3. The Balaban J connectivity index is 4.35. The van der Waals surface area contributed by atoms with Crippen LogP contribution in [-0.4, -0.2) is 37.2 Å². The van der Waals surface area contributed by atoms with Crippen LogP contribution in [0.5, 0.6) is 0 Å². The number of carbonyl (C=O) groups is 3. The highest BCUT2D eigenvalue weighted by molar-refractivity contribution is 5.71. The molecule has 0 heterocycles. The van der Waals surface area contributed by atoms with E-state index in [1.165, 1.54) is 141 Å². The van der Waals surface area contributed by atoms with Crippen LogP contribution in [0.4, 0.5) is 0 Å². The third kappa shape index (κ3) is 41.9. The van der Waals surface area contributed by atoms with Crippen molar-refractivity contribution in [3.63, 3.8) is 0 Å². The monoisotopic (exact) mass is 779 g/mol. The Kier molecular flexibility index (Phi) is 39.4. The van der Waals surface area contributed by atoms with E-state index >= 15 is 0 Å². The van der Waals surface area contributed by atoms with E-state index in [0.29, 0.717) is 19.3 Å². The summed E-state index contributed by atoms with van der Waals surface area (Å²) < 4.78 is 16.8. The van der Waals surface area contributed by atoms with Crippen molar-refractivity contribution in [2.75, 3.05) is 13.2 Å². The van der Waals surface area contributed by atoms with Gasteiger partial charge in [-0.1, -0.05) is 221 Å². The van der Waals surface area contributed by atoms with Gasteiger partial charge in [-0.3, -0.25) is 14.4 Å². The summed E-state index contributed by atoms with van der Waals surface area (Å²) in [6.45, 7) is 13.7. The maximum Gasteiger partial charge on any atom is 0.306 e. The molecular weight excluding hydrogens is 685 g/mol. The van der Waals surface area contributed by atoms with E-state index in [1.807, 2.05) is 0 Å². The van der Waals surface area contributed by atoms with Crippen molar-refractivity contribution in [3.05, 3.63) is 0 Å². The molecule has 6 nitrogen and oxygen atoms in total. The topological polar surface area (TPSA) is 78.9 Å². The van der Waals surface area contributed by atoms with Crippen LogP contribution in [0.2, 0.25) is 0 Å². The van der Waals surface area contributed by atoms with Gasteiger partial charge >= 0.3 is 17.9 Å². The molecule has 0 aliphatic heterocycles. The summed E-state index contributed by atoms with van der Waals surface area (Å²) in [4.78, 5) is 37.8. The second-order valence-electron chi connectivity index (χ2n) is 17.9. The molecule has 0 N–H and O–H groups in total. The Morgan fingerprint density at radius 1 is 0.364 bits per heavy atom. The van der Waals surface area contributed by atoms with E-state index in [1.54, 1.807) is 0 Å². The second-order valence-corrected chi connectivity index (χ2v) is 17.9. The Hall–Kier alpha value is -1.59. The van der Waals surface area contributed by atoms with E-state index in [4.69, 9.17) is 14.2 Å². The Labute approximate surface area is 342 Å². The maximum absolute atomic E-state index is 12.7. The van der Waals surface area contributed by atoms with Crippen molar-refractivity contribution >= 4 is 17.9 Å². The van der Waals surface area contributed by atoms with Crippen LogP contribution in [0.25, 0.3) is 0 Å². The normalized spacial score (nSPS) is 12.7. The predicted molar refractivity (Wildman–Crippen MR) is 233 cm³/mol. The molecule has 0 saturated carbocycles. The fourth-order valence-electron chi connectivity index (χ4n) is 7.20. The molecule has 0 bridgehead atoms. The van der Waals surface area contributed by atoms with E-state index in [9.17, 15) is 14.4 Å². The van der Waals surface area contributed by atoms with Gasteiger partial charge in [-0.2, -0.15) is 0 Å². The molecule has 0 fully saturated rings. The first-order valence-electron chi connectivity index (χ1n) is 24.1. The molecule has 0 rings (SSSR count). The lowest BCUT2D eigenvalue weighted by Crippen LogP contribution is -2.30. The highest BCUT2D eigenvalue weighted by atomic mass is 16.6. The Morgan fingerprint density at radius 2 is 0.636 bits per heavy atom. The SMILES string of the molecule is CCC(C)CCCCCCCCCCC(=O)O[C@H](COC(=O)CCCCCCCCCCCCC(C)C)COC(=O)CCCCCCCCCCCC(C)C. The summed E-state index contributed by atoms with van der Waals surface area (Å²) in [5.41, 5.74) is 0. The largest absolute Gasteiger partial charge is 0.462 e. The summed E-state index contributed by atoms with van der Waals surface area (Å²) in [5, 5.41) is 0. The average molecular weight is 779 g/mol. The lowest BCUT2D eigenvalue weighted by atomic mass is 9.99. The van der Waals surface area contributed by atoms with Gasteiger partial charge in [-0.15, -0.1) is 0 Å². The van der Waals surface area contributed by atoms with Crippen LogP contribution < -0.4 is 0 Å². The van der Waals surface area contributed by atoms with Crippen LogP contribution in [0, 0.1) is 17.8 Å². The van der Waals surface area contributed by atoms with Crippen molar-refractivity contribution in [1.29, 1.82) is 0 Å². The molecular formula is C49H94O6. The molecule has 1 unspecified atom stereocenters. The molecule has 0 aliphatic rings. The molecule has 6 heteroatoms. The number of ether oxygens (including phenoxy) is 3. The Bertz CT molecular complexity index is 854. The van der Waals surface area contributed by atoms with Crippen LogP contribution in [-0.2, 0) is 28.6 Å². The lowest BCUT2D eigenvalue weighted by molar-refractivity contribution is -0.167. The Morgan fingerprint density at radius 3 is 0.945 bits per heavy atom. The van der Waals surface area contributed by atoms with Gasteiger partial charge in [0.05, 0.1) is 0 Å². The molecule has 0 spiro atoms. The number of carbonyl (C=O) groups excluding carboxylic acids is 3.